The van der Waals surface area contributed by atoms with Gasteiger partial charge in [-0.3, -0.25) is 9.59 Å². The molecule has 0 bridgehead atoms. The van der Waals surface area contributed by atoms with Crippen LogP contribution in [0.1, 0.15) is 56.3 Å². The zero-order valence-electron chi connectivity index (χ0n) is 15.3. The fourth-order valence-electron chi connectivity index (χ4n) is 2.10. The lowest BCUT2D eigenvalue weighted by molar-refractivity contribution is -0.120. The van der Waals surface area contributed by atoms with Gasteiger partial charge in [-0.1, -0.05) is 42.6 Å². The number of carbonyl (C=O) groups is 3. The van der Waals surface area contributed by atoms with Gasteiger partial charge in [0.25, 0.3) is 0 Å². The molecule has 1 atom stereocenters. The number of hydrogen-bond donors (Lipinski definition) is 2. The lowest BCUT2D eigenvalue weighted by atomic mass is 10.2. The van der Waals surface area contributed by atoms with Crippen LogP contribution in [-0.4, -0.2) is 35.8 Å². The van der Waals surface area contributed by atoms with E-state index >= 15 is 0 Å². The van der Waals surface area contributed by atoms with Crippen molar-refractivity contribution < 1.29 is 19.1 Å². The molecule has 0 aromatic heterocycles. The van der Waals surface area contributed by atoms with Crippen LogP contribution in [0.15, 0.2) is 24.3 Å². The van der Waals surface area contributed by atoms with Gasteiger partial charge in [-0.25, -0.2) is 4.79 Å². The highest BCUT2D eigenvalue weighted by Gasteiger charge is 2.13. The van der Waals surface area contributed by atoms with Crippen LogP contribution in [0.2, 0.25) is 0 Å². The third-order valence-corrected chi connectivity index (χ3v) is 4.49. The Morgan fingerprint density at radius 2 is 1.81 bits per heavy atom. The van der Waals surface area contributed by atoms with Gasteiger partial charge < -0.3 is 15.4 Å². The van der Waals surface area contributed by atoms with Crippen LogP contribution in [0.3, 0.4) is 0 Å². The number of amides is 2. The zero-order valence-corrected chi connectivity index (χ0v) is 16.9. The summed E-state index contributed by atoms with van der Waals surface area (Å²) in [5.74, 6) is -0.675. The maximum absolute atomic E-state index is 11.9. The van der Waals surface area contributed by atoms with E-state index in [4.69, 9.17) is 4.74 Å². The minimum Gasteiger partial charge on any atom is -0.462 e. The van der Waals surface area contributed by atoms with E-state index in [1.807, 2.05) is 13.8 Å². The Morgan fingerprint density at radius 1 is 1.12 bits per heavy atom. The largest absolute Gasteiger partial charge is 0.462 e. The van der Waals surface area contributed by atoms with Gasteiger partial charge in [0.15, 0.2) is 0 Å². The molecular formula is C19H27BrN2O4. The third-order valence-electron chi connectivity index (χ3n) is 3.61. The van der Waals surface area contributed by atoms with Crippen molar-refractivity contribution >= 4 is 39.4 Å². The summed E-state index contributed by atoms with van der Waals surface area (Å²) in [7, 11) is 0. The van der Waals surface area contributed by atoms with Crippen molar-refractivity contribution in [1.29, 1.82) is 0 Å². The molecule has 2 N–H and O–H groups in total. The minimum absolute atomic E-state index is 0.106. The Morgan fingerprint density at radius 3 is 2.42 bits per heavy atom. The highest BCUT2D eigenvalue weighted by molar-refractivity contribution is 9.10. The van der Waals surface area contributed by atoms with Crippen LogP contribution in [0.4, 0.5) is 5.69 Å². The lowest BCUT2D eigenvalue weighted by Gasteiger charge is -2.10. The van der Waals surface area contributed by atoms with Gasteiger partial charge in [0.05, 0.1) is 17.0 Å². The highest BCUT2D eigenvalue weighted by atomic mass is 79.9. The predicted molar refractivity (Wildman–Crippen MR) is 106 cm³/mol. The second-order valence-electron chi connectivity index (χ2n) is 5.91. The van der Waals surface area contributed by atoms with E-state index in [-0.39, 0.29) is 35.6 Å². The number of alkyl halides is 1. The molecule has 0 radical (unpaired) electrons. The number of ether oxygens (including phenoxy) is 1. The van der Waals surface area contributed by atoms with E-state index in [2.05, 4.69) is 26.6 Å². The Balaban J connectivity index is 2.36. The van der Waals surface area contributed by atoms with Crippen LogP contribution < -0.4 is 10.6 Å². The molecule has 1 rings (SSSR count). The lowest BCUT2D eigenvalue weighted by Crippen LogP contribution is -2.33. The topological polar surface area (TPSA) is 84.5 Å². The van der Waals surface area contributed by atoms with Crippen molar-refractivity contribution in [2.45, 2.75) is 50.8 Å². The monoisotopic (exact) mass is 426 g/mol. The summed E-state index contributed by atoms with van der Waals surface area (Å²) in [6.45, 7) is 4.72. The molecule has 0 spiro atoms. The van der Waals surface area contributed by atoms with Gasteiger partial charge in [0, 0.05) is 18.7 Å². The molecule has 0 unspecified atom stereocenters. The third kappa shape index (κ3) is 8.47. The van der Waals surface area contributed by atoms with Crippen LogP contribution in [0.25, 0.3) is 0 Å². The van der Waals surface area contributed by atoms with E-state index in [0.717, 1.165) is 25.7 Å². The van der Waals surface area contributed by atoms with Crippen molar-refractivity contribution in [3.63, 3.8) is 0 Å². The Hall–Kier alpha value is -1.89. The van der Waals surface area contributed by atoms with Crippen LogP contribution in [0, 0.1) is 0 Å². The molecule has 0 heterocycles. The van der Waals surface area contributed by atoms with Crippen molar-refractivity contribution in [3.8, 4) is 0 Å². The second kappa shape index (κ2) is 12.5. The predicted octanol–water partition coefficient (Wildman–Crippen LogP) is 3.65. The summed E-state index contributed by atoms with van der Waals surface area (Å²) in [6.07, 6.45) is 3.65. The van der Waals surface area contributed by atoms with E-state index < -0.39 is 0 Å². The van der Waals surface area contributed by atoms with Gasteiger partial charge in [-0.15, -0.1) is 0 Å². The smallest absolute Gasteiger partial charge is 0.338 e. The van der Waals surface area contributed by atoms with Crippen molar-refractivity contribution in [3.05, 3.63) is 29.8 Å². The molecule has 2 amide bonds. The van der Waals surface area contributed by atoms with Gasteiger partial charge >= 0.3 is 5.97 Å². The first-order valence-electron chi connectivity index (χ1n) is 8.96. The molecule has 7 heteroatoms. The normalized spacial score (nSPS) is 11.5. The second-order valence-corrected chi connectivity index (χ2v) is 7.02. The maximum Gasteiger partial charge on any atom is 0.338 e. The summed E-state index contributed by atoms with van der Waals surface area (Å²) in [4.78, 5) is 35.2. The molecule has 0 aliphatic heterocycles. The van der Waals surface area contributed by atoms with E-state index in [1.165, 1.54) is 0 Å². The number of unbranched alkanes of at least 4 members (excludes halogenated alkanes) is 1. The number of anilines is 1. The zero-order chi connectivity index (χ0) is 19.4. The minimum atomic E-state index is -0.365. The summed E-state index contributed by atoms with van der Waals surface area (Å²) < 4.78 is 5.13. The summed E-state index contributed by atoms with van der Waals surface area (Å²) in [5, 5.41) is 5.46. The number of hydrogen-bond acceptors (Lipinski definition) is 4. The molecule has 6 nitrogen and oxygen atoms in total. The summed E-state index contributed by atoms with van der Waals surface area (Å²) >= 11 is 3.31. The molecular weight excluding hydrogens is 400 g/mol. The molecule has 26 heavy (non-hydrogen) atoms. The van der Waals surface area contributed by atoms with E-state index in [9.17, 15) is 14.4 Å². The first-order valence-corrected chi connectivity index (χ1v) is 9.88. The van der Waals surface area contributed by atoms with Crippen molar-refractivity contribution in [2.24, 2.45) is 0 Å². The Kier molecular flexibility index (Phi) is 10.6. The number of halogens is 1. The molecule has 0 saturated carbocycles. The molecule has 0 aliphatic rings. The Bertz CT molecular complexity index is 590. The number of nitrogens with one attached hydrogen (secondary N) is 2. The molecule has 0 fully saturated rings. The van der Waals surface area contributed by atoms with Crippen LogP contribution in [0.5, 0.6) is 0 Å². The fourth-order valence-corrected chi connectivity index (χ4v) is 2.72. The van der Waals surface area contributed by atoms with Crippen LogP contribution in [-0.2, 0) is 14.3 Å². The van der Waals surface area contributed by atoms with Crippen molar-refractivity contribution in [1.82, 2.24) is 5.32 Å². The fraction of sp³-hybridized carbons (Fsp3) is 0.526. The average Bonchev–Trinajstić information content (AvgIpc) is 2.62. The molecule has 1 aromatic rings. The number of carbonyl (C=O) groups excluding carboxylic acids is 3. The summed E-state index contributed by atoms with van der Waals surface area (Å²) in [5.41, 5.74) is 1.04. The molecule has 1 aromatic carbocycles. The number of rotatable bonds is 11. The van der Waals surface area contributed by atoms with Gasteiger partial charge in [-0.05, 0) is 37.1 Å². The van der Waals surface area contributed by atoms with Gasteiger partial charge in [0.2, 0.25) is 11.8 Å². The van der Waals surface area contributed by atoms with E-state index in [0.29, 0.717) is 17.9 Å². The molecule has 144 valence electrons. The van der Waals surface area contributed by atoms with Gasteiger partial charge in [-0.2, -0.15) is 0 Å². The van der Waals surface area contributed by atoms with E-state index in [1.54, 1.807) is 24.3 Å². The Labute approximate surface area is 163 Å². The maximum atomic E-state index is 11.9. The summed E-state index contributed by atoms with van der Waals surface area (Å²) in [6, 6.07) is 6.54. The quantitative estimate of drug-likeness (QED) is 0.321. The average molecular weight is 427 g/mol. The molecule has 0 aliphatic carbocycles. The first-order chi connectivity index (χ1) is 12.5. The number of benzene rings is 1. The van der Waals surface area contributed by atoms with Crippen LogP contribution >= 0.6 is 15.9 Å². The molecule has 0 saturated heterocycles. The standard InChI is InChI=1S/C19H27BrN2O4/c1-3-5-13-26-19(25)14-7-9-15(10-8-14)22-17(23)11-12-21-18(24)16(20)6-4-2/h7-10,16H,3-6,11-13H2,1-2H3,(H,21,24)(H,22,23)/t16-/m0/s1. The number of esters is 1. The highest BCUT2D eigenvalue weighted by Crippen LogP contribution is 2.11. The van der Waals surface area contributed by atoms with Crippen molar-refractivity contribution in [2.75, 3.05) is 18.5 Å². The van der Waals surface area contributed by atoms with Gasteiger partial charge in [0.1, 0.15) is 0 Å². The first kappa shape index (κ1) is 22.2. The SMILES string of the molecule is CCCCOC(=O)c1ccc(NC(=O)CCNC(=O)[C@@H](Br)CCC)cc1.